The lowest BCUT2D eigenvalue weighted by Crippen LogP contribution is -2.66. The number of nitrogens with one attached hydrogen (secondary N) is 1. The topological polar surface area (TPSA) is 125 Å². The van der Waals surface area contributed by atoms with Gasteiger partial charge in [0.1, 0.15) is 18.5 Å². The molecule has 3 rings (SSSR count). The van der Waals surface area contributed by atoms with E-state index in [9.17, 15) is 24.0 Å². The van der Waals surface area contributed by atoms with Crippen LogP contribution in [-0.2, 0) is 23.8 Å². The number of methoxy groups -OCH3 is 1. The van der Waals surface area contributed by atoms with Crippen LogP contribution in [0.3, 0.4) is 0 Å². The van der Waals surface area contributed by atoms with Gasteiger partial charge in [-0.2, -0.15) is 0 Å². The summed E-state index contributed by atoms with van der Waals surface area (Å²) < 4.78 is 16.9. The zero-order valence-electron chi connectivity index (χ0n) is 30.6. The molecular formula is C43H53NO8. The summed E-state index contributed by atoms with van der Waals surface area (Å²) >= 11 is 0. The van der Waals surface area contributed by atoms with Crippen molar-refractivity contribution in [3.63, 3.8) is 0 Å². The molecule has 0 unspecified atom stereocenters. The van der Waals surface area contributed by atoms with Crippen LogP contribution in [0.1, 0.15) is 121 Å². The van der Waals surface area contributed by atoms with Crippen LogP contribution in [-0.4, -0.2) is 55.0 Å². The smallest absolute Gasteiger partial charge is 0.339 e. The predicted octanol–water partition coefficient (Wildman–Crippen LogP) is 8.63. The highest BCUT2D eigenvalue weighted by Gasteiger charge is 2.52. The van der Waals surface area contributed by atoms with Gasteiger partial charge in [0.05, 0.1) is 18.2 Å². The quantitative estimate of drug-likeness (QED) is 0.0424. The van der Waals surface area contributed by atoms with Crippen molar-refractivity contribution in [3.8, 4) is 0 Å². The summed E-state index contributed by atoms with van der Waals surface area (Å²) in [7, 11) is 1.16. The van der Waals surface area contributed by atoms with E-state index in [2.05, 4.69) is 12.2 Å². The zero-order valence-corrected chi connectivity index (χ0v) is 30.6. The molecular weight excluding hydrogens is 658 g/mol. The fourth-order valence-corrected chi connectivity index (χ4v) is 5.81. The largest absolute Gasteiger partial charge is 0.467 e. The van der Waals surface area contributed by atoms with Gasteiger partial charge in [-0.3, -0.25) is 9.59 Å². The number of hydrogen-bond donors (Lipinski definition) is 1. The highest BCUT2D eigenvalue weighted by molar-refractivity contribution is 5.99. The van der Waals surface area contributed by atoms with Crippen LogP contribution in [0.15, 0.2) is 103 Å². The number of esters is 3. The molecule has 3 aromatic rings. The molecule has 9 heteroatoms. The number of ketones is 1. The molecule has 0 bridgehead atoms. The summed E-state index contributed by atoms with van der Waals surface area (Å²) in [6.07, 6.45) is 13.6. The maximum Gasteiger partial charge on any atom is 0.339 e. The summed E-state index contributed by atoms with van der Waals surface area (Å²) in [6, 6.07) is 24.8. The number of allylic oxidation sites excluding steroid dienone is 2. The fraction of sp³-hybridized carbons (Fsp3) is 0.419. The Balaban J connectivity index is 1.76. The van der Waals surface area contributed by atoms with Crippen molar-refractivity contribution in [2.24, 2.45) is 0 Å². The number of ether oxygens (including phenoxy) is 3. The van der Waals surface area contributed by atoms with E-state index in [0.29, 0.717) is 25.0 Å². The zero-order chi connectivity index (χ0) is 37.4. The van der Waals surface area contributed by atoms with Crippen LogP contribution < -0.4 is 5.32 Å². The maximum atomic E-state index is 13.8. The Morgan fingerprint density at radius 1 is 0.654 bits per heavy atom. The molecule has 0 aliphatic rings. The van der Waals surface area contributed by atoms with Crippen molar-refractivity contribution in [1.29, 1.82) is 0 Å². The number of amides is 1. The lowest BCUT2D eigenvalue weighted by atomic mass is 9.88. The Hall–Kier alpha value is -5.05. The number of carbonyl (C=O) groups is 5. The molecule has 0 spiro atoms. The van der Waals surface area contributed by atoms with Gasteiger partial charge in [-0.05, 0) is 74.9 Å². The Bertz CT molecular complexity index is 1560. The van der Waals surface area contributed by atoms with Gasteiger partial charge < -0.3 is 19.5 Å². The van der Waals surface area contributed by atoms with Crippen LogP contribution in [0.4, 0.5) is 0 Å². The van der Waals surface area contributed by atoms with E-state index in [-0.39, 0.29) is 23.1 Å². The molecule has 0 radical (unpaired) electrons. The van der Waals surface area contributed by atoms with E-state index in [0.717, 1.165) is 52.1 Å². The van der Waals surface area contributed by atoms with E-state index in [4.69, 9.17) is 14.2 Å². The van der Waals surface area contributed by atoms with Crippen LogP contribution in [0.25, 0.3) is 0 Å². The number of hydrogen-bond acceptors (Lipinski definition) is 8. The average Bonchev–Trinajstić information content (AvgIpc) is 3.18. The third-order valence-electron chi connectivity index (χ3n) is 8.82. The fourth-order valence-electron chi connectivity index (χ4n) is 5.81. The van der Waals surface area contributed by atoms with Crippen LogP contribution in [0, 0.1) is 0 Å². The molecule has 0 fully saturated rings. The van der Waals surface area contributed by atoms with E-state index >= 15 is 0 Å². The molecule has 1 amide bonds. The second-order valence-electron chi connectivity index (χ2n) is 12.8. The number of Topliss-reactive ketones (excluding diaryl/α,β-unsaturated/α-hetero) is 1. The van der Waals surface area contributed by atoms with Gasteiger partial charge in [0.15, 0.2) is 0 Å². The SMILES string of the molecule is CCCCCCC(=O)CCCCCC/C=C/CC[C@@H](OC(=O)c1ccccc1)[C@](COC(=O)c1ccccc1)(NC(=O)c1ccccc1)C(=O)OC. The Morgan fingerprint density at radius 3 is 1.75 bits per heavy atom. The van der Waals surface area contributed by atoms with E-state index in [1.807, 2.05) is 12.2 Å². The van der Waals surface area contributed by atoms with Gasteiger partial charge in [0.2, 0.25) is 5.54 Å². The third kappa shape index (κ3) is 13.9. The Kier molecular flexibility index (Phi) is 18.6. The molecule has 9 nitrogen and oxygen atoms in total. The van der Waals surface area contributed by atoms with Crippen LogP contribution >= 0.6 is 0 Å². The molecule has 1 N–H and O–H groups in total. The maximum absolute atomic E-state index is 13.8. The molecule has 0 aliphatic heterocycles. The Labute approximate surface area is 308 Å². The first-order valence-corrected chi connectivity index (χ1v) is 18.4. The third-order valence-corrected chi connectivity index (χ3v) is 8.82. The number of rotatable bonds is 24. The minimum absolute atomic E-state index is 0.0997. The van der Waals surface area contributed by atoms with Crippen LogP contribution in [0.5, 0.6) is 0 Å². The molecule has 3 aromatic carbocycles. The lowest BCUT2D eigenvalue weighted by molar-refractivity contribution is -0.156. The van der Waals surface area contributed by atoms with Crippen molar-refractivity contribution in [1.82, 2.24) is 5.32 Å². The highest BCUT2D eigenvalue weighted by Crippen LogP contribution is 2.26. The molecule has 0 aliphatic carbocycles. The van der Waals surface area contributed by atoms with Gasteiger partial charge in [-0.1, -0.05) is 106 Å². The minimum atomic E-state index is -2.10. The van der Waals surface area contributed by atoms with Crippen molar-refractivity contribution in [3.05, 3.63) is 120 Å². The average molecular weight is 712 g/mol. The summed E-state index contributed by atoms with van der Waals surface area (Å²) in [6.45, 7) is 1.50. The first-order chi connectivity index (χ1) is 25.3. The van der Waals surface area contributed by atoms with E-state index in [1.54, 1.807) is 91.0 Å². The molecule has 0 saturated heterocycles. The first-order valence-electron chi connectivity index (χ1n) is 18.4. The van der Waals surface area contributed by atoms with E-state index < -0.39 is 42.1 Å². The molecule has 0 heterocycles. The van der Waals surface area contributed by atoms with Gasteiger partial charge in [0.25, 0.3) is 5.91 Å². The van der Waals surface area contributed by atoms with Crippen molar-refractivity contribution in [2.45, 2.75) is 102 Å². The summed E-state index contributed by atoms with van der Waals surface area (Å²) in [5, 5.41) is 2.75. The molecule has 0 aromatic heterocycles. The summed E-state index contributed by atoms with van der Waals surface area (Å²) in [4.78, 5) is 66.2. The van der Waals surface area contributed by atoms with Crippen molar-refractivity contribution >= 4 is 29.6 Å². The van der Waals surface area contributed by atoms with Gasteiger partial charge in [-0.15, -0.1) is 0 Å². The molecule has 52 heavy (non-hydrogen) atoms. The van der Waals surface area contributed by atoms with Gasteiger partial charge in [-0.25, -0.2) is 14.4 Å². The summed E-state index contributed by atoms with van der Waals surface area (Å²) in [5.74, 6) is -2.67. The number of carbonyl (C=O) groups excluding carboxylic acids is 5. The predicted molar refractivity (Wildman–Crippen MR) is 201 cm³/mol. The normalized spacial score (nSPS) is 12.7. The monoisotopic (exact) mass is 711 g/mol. The molecule has 2 atom stereocenters. The van der Waals surface area contributed by atoms with Crippen molar-refractivity contribution < 1.29 is 38.2 Å². The van der Waals surface area contributed by atoms with Gasteiger partial charge >= 0.3 is 17.9 Å². The van der Waals surface area contributed by atoms with Crippen LogP contribution in [0.2, 0.25) is 0 Å². The number of unbranched alkanes of at least 4 members (excludes halogenated alkanes) is 7. The summed E-state index contributed by atoms with van der Waals surface area (Å²) in [5.41, 5.74) is -1.37. The minimum Gasteiger partial charge on any atom is -0.467 e. The Morgan fingerprint density at radius 2 is 1.17 bits per heavy atom. The first kappa shape index (κ1) is 41.4. The second-order valence-corrected chi connectivity index (χ2v) is 12.8. The molecule has 0 saturated carbocycles. The number of benzene rings is 3. The van der Waals surface area contributed by atoms with Crippen molar-refractivity contribution in [2.75, 3.05) is 13.7 Å². The van der Waals surface area contributed by atoms with Gasteiger partial charge in [0, 0.05) is 18.4 Å². The standard InChI is InChI=1S/C43H53NO8/c1-3-4-5-21-30-37(45)31-22-10-8-6-7-9-11-23-32-38(52-41(48)36-28-19-14-20-29-36)43(42(49)50-2,44-39(46)34-24-15-12-16-25-34)33-51-40(47)35-26-17-13-18-27-35/h9,11-20,24-29,38H,3-8,10,21-23,30-33H2,1-2H3,(H,44,46)/b11-9+/t38-,43+/m1/s1. The highest BCUT2D eigenvalue weighted by atomic mass is 16.6. The molecule has 278 valence electrons. The lowest BCUT2D eigenvalue weighted by Gasteiger charge is -2.37. The second kappa shape index (κ2) is 23.4. The van der Waals surface area contributed by atoms with E-state index in [1.165, 1.54) is 12.8 Å².